The Balaban J connectivity index is 1.26. The van der Waals surface area contributed by atoms with Crippen molar-refractivity contribution >= 4 is 5.91 Å². The molecule has 248 valence electrons. The molecular weight excluding hydrogens is 565 g/mol. The molecule has 0 aliphatic heterocycles. The predicted molar refractivity (Wildman–Crippen MR) is 179 cm³/mol. The van der Waals surface area contributed by atoms with E-state index in [1.165, 1.54) is 25.7 Å². The fourth-order valence-electron chi connectivity index (χ4n) is 9.18. The van der Waals surface area contributed by atoms with Crippen LogP contribution in [0.15, 0.2) is 42.5 Å². The van der Waals surface area contributed by atoms with Crippen LogP contribution in [-0.4, -0.2) is 53.0 Å². The fraction of sp³-hybridized carbons (Fsp3) is 0.667. The van der Waals surface area contributed by atoms with E-state index in [0.29, 0.717) is 37.0 Å². The highest BCUT2D eigenvalue weighted by atomic mass is 19.1. The van der Waals surface area contributed by atoms with E-state index in [0.717, 1.165) is 74.8 Å². The summed E-state index contributed by atoms with van der Waals surface area (Å²) in [6, 6.07) is 13.0. The molecule has 0 saturated heterocycles. The second-order valence-electron chi connectivity index (χ2n) is 14.4. The Labute approximate surface area is 270 Å². The van der Waals surface area contributed by atoms with Crippen LogP contribution in [0.3, 0.4) is 0 Å². The lowest BCUT2D eigenvalue weighted by molar-refractivity contribution is -0.0722. The Morgan fingerprint density at radius 2 is 1.69 bits per heavy atom. The van der Waals surface area contributed by atoms with Crippen LogP contribution in [0.25, 0.3) is 0 Å². The molecule has 5 nitrogen and oxygen atoms in total. The van der Waals surface area contributed by atoms with Crippen LogP contribution in [0.2, 0.25) is 0 Å². The topological polar surface area (TPSA) is 70.0 Å². The van der Waals surface area contributed by atoms with Crippen molar-refractivity contribution in [2.24, 2.45) is 23.2 Å². The highest BCUT2D eigenvalue weighted by Crippen LogP contribution is 2.63. The third kappa shape index (κ3) is 7.53. The molecule has 2 aromatic rings. The number of benzene rings is 2. The van der Waals surface area contributed by atoms with E-state index in [1.807, 2.05) is 48.2 Å². The van der Waals surface area contributed by atoms with Gasteiger partial charge in [0.15, 0.2) is 0 Å². The highest BCUT2D eigenvalue weighted by Gasteiger charge is 2.59. The molecule has 1 amide bonds. The van der Waals surface area contributed by atoms with E-state index >= 15 is 4.39 Å². The number of carbonyl (C=O) groups is 1. The molecule has 6 unspecified atom stereocenters. The van der Waals surface area contributed by atoms with Crippen LogP contribution >= 0.6 is 0 Å². The maximum Gasteiger partial charge on any atom is 0.253 e. The lowest BCUT2D eigenvalue weighted by Gasteiger charge is -2.54. The first-order valence-corrected chi connectivity index (χ1v) is 17.9. The quantitative estimate of drug-likeness (QED) is 0.195. The molecule has 0 bridgehead atoms. The van der Waals surface area contributed by atoms with Crippen molar-refractivity contribution in [2.45, 2.75) is 122 Å². The average molecular weight is 622 g/mol. The zero-order chi connectivity index (χ0) is 32.0. The summed E-state index contributed by atoms with van der Waals surface area (Å²) in [6.45, 7) is 8.38. The summed E-state index contributed by atoms with van der Waals surface area (Å²) >= 11 is 0. The Morgan fingerprint density at radius 3 is 2.42 bits per heavy atom. The summed E-state index contributed by atoms with van der Waals surface area (Å²) in [4.78, 5) is 15.7. The van der Waals surface area contributed by atoms with Gasteiger partial charge in [0.05, 0.1) is 12.7 Å². The Morgan fingerprint density at radius 1 is 0.978 bits per heavy atom. The summed E-state index contributed by atoms with van der Waals surface area (Å²) in [7, 11) is 0. The number of aromatic hydroxyl groups is 1. The van der Waals surface area contributed by atoms with Crippen LogP contribution in [0, 0.1) is 23.2 Å². The Kier molecular flexibility index (Phi) is 11.5. The van der Waals surface area contributed by atoms with Crippen molar-refractivity contribution in [2.75, 3.05) is 19.7 Å². The highest BCUT2D eigenvalue weighted by molar-refractivity contribution is 5.94. The van der Waals surface area contributed by atoms with Gasteiger partial charge in [-0.25, -0.2) is 4.39 Å². The molecule has 7 atom stereocenters. The second kappa shape index (κ2) is 15.3. The summed E-state index contributed by atoms with van der Waals surface area (Å²) in [5.74, 6) is 1.73. The van der Waals surface area contributed by atoms with Crippen molar-refractivity contribution in [3.8, 4) is 11.5 Å². The number of alkyl halides is 1. The van der Waals surface area contributed by atoms with Crippen molar-refractivity contribution in [3.63, 3.8) is 0 Å². The number of hydrogen-bond donors (Lipinski definition) is 2. The Bertz CT molecular complexity index is 1250. The zero-order valence-electron chi connectivity index (χ0n) is 27.9. The number of phenols is 1. The van der Waals surface area contributed by atoms with Gasteiger partial charge in [0, 0.05) is 24.6 Å². The summed E-state index contributed by atoms with van der Waals surface area (Å²) in [5, 5.41) is 21.2. The van der Waals surface area contributed by atoms with Gasteiger partial charge < -0.3 is 19.8 Å². The number of hydrogen-bond acceptors (Lipinski definition) is 4. The molecule has 3 aliphatic rings. The smallest absolute Gasteiger partial charge is 0.253 e. The normalized spacial score (nSPS) is 28.6. The third-order valence-electron chi connectivity index (χ3n) is 11.5. The first kappa shape index (κ1) is 33.8. The minimum atomic E-state index is -0.991. The van der Waals surface area contributed by atoms with Crippen LogP contribution in [0.4, 0.5) is 4.39 Å². The van der Waals surface area contributed by atoms with Crippen LogP contribution in [0.5, 0.6) is 11.5 Å². The number of phenolic OH excluding ortho intramolecular Hbond substituents is 1. The monoisotopic (exact) mass is 621 g/mol. The minimum Gasteiger partial charge on any atom is -0.508 e. The molecule has 3 aliphatic carbocycles. The van der Waals surface area contributed by atoms with E-state index in [9.17, 15) is 15.0 Å². The lowest BCUT2D eigenvalue weighted by atomic mass is 9.51. The fourth-order valence-corrected chi connectivity index (χ4v) is 9.18. The maximum atomic E-state index is 16.1. The van der Waals surface area contributed by atoms with Crippen LogP contribution < -0.4 is 4.74 Å². The first-order valence-electron chi connectivity index (χ1n) is 17.9. The molecule has 0 spiro atoms. The lowest BCUT2D eigenvalue weighted by Crippen LogP contribution is -2.51. The number of carbonyl (C=O) groups excluding carboxylic acids is 1. The van der Waals surface area contributed by atoms with Gasteiger partial charge in [-0.2, -0.15) is 0 Å². The van der Waals surface area contributed by atoms with E-state index in [2.05, 4.69) is 13.8 Å². The molecule has 0 aromatic heterocycles. The van der Waals surface area contributed by atoms with Crippen molar-refractivity contribution in [1.82, 2.24) is 4.90 Å². The van der Waals surface area contributed by atoms with Gasteiger partial charge in [0.2, 0.25) is 0 Å². The largest absolute Gasteiger partial charge is 0.508 e. The number of ether oxygens (including phenoxy) is 1. The van der Waals surface area contributed by atoms with Gasteiger partial charge in [-0.3, -0.25) is 4.79 Å². The van der Waals surface area contributed by atoms with E-state index in [1.54, 1.807) is 6.07 Å². The van der Waals surface area contributed by atoms with Gasteiger partial charge in [-0.15, -0.1) is 0 Å². The third-order valence-corrected chi connectivity index (χ3v) is 11.5. The molecule has 2 aromatic carbocycles. The molecule has 0 radical (unpaired) electrons. The first-order chi connectivity index (χ1) is 21.8. The number of fused-ring (bicyclic) bond motifs is 5. The second-order valence-corrected chi connectivity index (χ2v) is 14.4. The molecule has 2 N–H and O–H groups in total. The molecular formula is C39H56FNO4. The van der Waals surface area contributed by atoms with Gasteiger partial charge >= 0.3 is 0 Å². The molecule has 45 heavy (non-hydrogen) atoms. The number of halogens is 1. The number of amides is 1. The maximum absolute atomic E-state index is 16.1. The van der Waals surface area contributed by atoms with Crippen LogP contribution in [-0.2, 0) is 6.42 Å². The standard InChI is InChI=1S/C39H56FNO4/c1-4-6-7-8-9-11-22-41(38(44)27-14-17-31(18-15-27)45-5-2)23-12-10-13-28-24-29-25-30(42)16-19-32(29)37-34(40)26-39(3)33(36(28)37)20-21-35(39)43/h14-19,25,28,33-37,42-43H,4-13,20-24,26H2,1-3H3/t28?,33?,34?,35?,36?,37?,39-/m0/s1. The van der Waals surface area contributed by atoms with Gasteiger partial charge in [0.25, 0.3) is 5.91 Å². The molecule has 6 heteroatoms. The van der Waals surface area contributed by atoms with Gasteiger partial charge in [-0.1, -0.05) is 58.4 Å². The molecule has 0 heterocycles. The zero-order valence-corrected chi connectivity index (χ0v) is 27.9. The van der Waals surface area contributed by atoms with Gasteiger partial charge in [0.1, 0.15) is 17.7 Å². The van der Waals surface area contributed by atoms with E-state index < -0.39 is 12.3 Å². The van der Waals surface area contributed by atoms with Crippen molar-refractivity contribution < 1.29 is 24.1 Å². The SMILES string of the molecule is CCCCCCCCN(CCCCC1Cc2cc(O)ccc2C2C(F)C[C@]3(C)C(O)CCC3C12)C(=O)c1ccc(OCC)cc1. The number of aliphatic hydroxyl groups excluding tert-OH is 1. The number of unbranched alkanes of at least 4 members (excludes halogenated alkanes) is 6. The van der Waals surface area contributed by atoms with Crippen LogP contribution in [0.1, 0.15) is 125 Å². The molecule has 2 fully saturated rings. The minimum absolute atomic E-state index is 0.0806. The van der Waals surface area contributed by atoms with Crippen molar-refractivity contribution in [1.29, 1.82) is 0 Å². The van der Waals surface area contributed by atoms with E-state index in [4.69, 9.17) is 4.74 Å². The summed E-state index contributed by atoms with van der Waals surface area (Å²) in [6.07, 6.45) is 11.5. The number of rotatable bonds is 15. The molecule has 5 rings (SSSR count). The summed E-state index contributed by atoms with van der Waals surface area (Å²) < 4.78 is 21.7. The van der Waals surface area contributed by atoms with E-state index in [-0.39, 0.29) is 28.9 Å². The van der Waals surface area contributed by atoms with Gasteiger partial charge in [-0.05, 0) is 123 Å². The predicted octanol–water partition coefficient (Wildman–Crippen LogP) is 8.86. The number of aliphatic hydroxyl groups is 1. The number of nitrogens with zero attached hydrogens (tertiary/aromatic N) is 1. The van der Waals surface area contributed by atoms with Crippen molar-refractivity contribution in [3.05, 3.63) is 59.2 Å². The Hall–Kier alpha value is -2.60. The average Bonchev–Trinajstić information content (AvgIpc) is 3.32. The summed E-state index contributed by atoms with van der Waals surface area (Å²) in [5.41, 5.74) is 2.48. The molecule has 2 saturated carbocycles.